The van der Waals surface area contributed by atoms with E-state index in [0.29, 0.717) is 5.76 Å². The summed E-state index contributed by atoms with van der Waals surface area (Å²) in [5, 5.41) is 7.63. The fraction of sp³-hybridized carbons (Fsp3) is 0. The van der Waals surface area contributed by atoms with Crippen LogP contribution in [0.25, 0.3) is 23.6 Å². The average molecular weight is 256 g/mol. The van der Waals surface area contributed by atoms with Gasteiger partial charge in [0.25, 0.3) is 5.89 Å². The molecule has 0 saturated carbocycles. The van der Waals surface area contributed by atoms with Crippen molar-refractivity contribution in [2.75, 3.05) is 0 Å². The molecular formula is C14H9FN2O2. The first-order valence-electron chi connectivity index (χ1n) is 5.63. The Morgan fingerprint density at radius 2 is 1.89 bits per heavy atom. The Bertz CT molecular complexity index is 702. The van der Waals surface area contributed by atoms with Crippen molar-refractivity contribution < 1.29 is 13.2 Å². The Balaban J connectivity index is 1.86. The third kappa shape index (κ3) is 2.44. The Morgan fingerprint density at radius 3 is 2.68 bits per heavy atom. The van der Waals surface area contributed by atoms with Crippen LogP contribution in [0.15, 0.2) is 51.5 Å². The van der Waals surface area contributed by atoms with Crippen LogP contribution in [0, 0.1) is 5.82 Å². The van der Waals surface area contributed by atoms with Crippen LogP contribution in [-0.2, 0) is 0 Å². The van der Waals surface area contributed by atoms with Gasteiger partial charge in [0.05, 0.1) is 11.8 Å². The van der Waals surface area contributed by atoms with Crippen molar-refractivity contribution in [1.82, 2.24) is 10.2 Å². The zero-order valence-corrected chi connectivity index (χ0v) is 9.79. The maximum Gasteiger partial charge on any atom is 0.251 e. The third-order valence-electron chi connectivity index (χ3n) is 2.48. The first-order chi connectivity index (χ1) is 9.33. The molecule has 2 aromatic heterocycles. The fourth-order valence-electron chi connectivity index (χ4n) is 1.58. The highest BCUT2D eigenvalue weighted by Gasteiger charge is 2.10. The molecule has 0 bridgehead atoms. The molecule has 0 amide bonds. The highest BCUT2D eigenvalue weighted by Crippen LogP contribution is 2.21. The molecule has 4 nitrogen and oxygen atoms in total. The molecule has 0 unspecified atom stereocenters. The molecule has 1 aromatic carbocycles. The van der Waals surface area contributed by atoms with Gasteiger partial charge in [-0.25, -0.2) is 4.39 Å². The average Bonchev–Trinajstić information content (AvgIpc) is 3.08. The van der Waals surface area contributed by atoms with E-state index in [9.17, 15) is 4.39 Å². The number of hydrogen-bond acceptors (Lipinski definition) is 4. The van der Waals surface area contributed by atoms with Crippen molar-refractivity contribution in [3.05, 3.63) is 60.1 Å². The molecule has 19 heavy (non-hydrogen) atoms. The van der Waals surface area contributed by atoms with Gasteiger partial charge in [0.1, 0.15) is 11.6 Å². The summed E-state index contributed by atoms with van der Waals surface area (Å²) >= 11 is 0. The minimum Gasteiger partial charge on any atom is -0.465 e. The molecule has 0 radical (unpaired) electrons. The minimum atomic E-state index is -0.396. The molecule has 0 aliphatic rings. The van der Waals surface area contributed by atoms with Crippen molar-refractivity contribution >= 4 is 12.2 Å². The summed E-state index contributed by atoms with van der Waals surface area (Å²) in [4.78, 5) is 0. The van der Waals surface area contributed by atoms with E-state index in [0.717, 1.165) is 0 Å². The number of aromatic nitrogens is 2. The molecule has 0 atom stereocenters. The number of furan rings is 1. The molecule has 0 aliphatic carbocycles. The molecule has 3 aromatic rings. The zero-order chi connectivity index (χ0) is 13.1. The summed E-state index contributed by atoms with van der Waals surface area (Å²) in [5.74, 6) is 0.713. The maximum atomic E-state index is 13.5. The van der Waals surface area contributed by atoms with Gasteiger partial charge in [0.2, 0.25) is 5.89 Å². The Kier molecular flexibility index (Phi) is 2.94. The monoisotopic (exact) mass is 256 g/mol. The summed E-state index contributed by atoms with van der Waals surface area (Å²) in [7, 11) is 0. The van der Waals surface area contributed by atoms with E-state index in [2.05, 4.69) is 10.2 Å². The van der Waals surface area contributed by atoms with Crippen LogP contribution in [0.3, 0.4) is 0 Å². The van der Waals surface area contributed by atoms with Crippen LogP contribution in [0.5, 0.6) is 0 Å². The van der Waals surface area contributed by atoms with Crippen LogP contribution in [0.2, 0.25) is 0 Å². The number of halogens is 1. The van der Waals surface area contributed by atoms with E-state index in [1.807, 2.05) is 0 Å². The van der Waals surface area contributed by atoms with E-state index in [4.69, 9.17) is 8.83 Å². The molecule has 2 heterocycles. The van der Waals surface area contributed by atoms with Gasteiger partial charge in [-0.2, -0.15) is 0 Å². The number of hydrogen-bond donors (Lipinski definition) is 0. The lowest BCUT2D eigenvalue weighted by Gasteiger charge is -1.94. The van der Waals surface area contributed by atoms with Crippen molar-refractivity contribution in [3.8, 4) is 11.5 Å². The van der Waals surface area contributed by atoms with Gasteiger partial charge in [-0.3, -0.25) is 0 Å². The van der Waals surface area contributed by atoms with E-state index >= 15 is 0 Å². The summed E-state index contributed by atoms with van der Waals surface area (Å²) in [5.41, 5.74) is 0.285. The maximum absolute atomic E-state index is 13.5. The van der Waals surface area contributed by atoms with Gasteiger partial charge >= 0.3 is 0 Å². The summed E-state index contributed by atoms with van der Waals surface area (Å²) in [6, 6.07) is 9.82. The Hall–Kier alpha value is -2.69. The Morgan fingerprint density at radius 1 is 1.00 bits per heavy atom. The Labute approximate surface area is 108 Å². The smallest absolute Gasteiger partial charge is 0.251 e. The van der Waals surface area contributed by atoms with Gasteiger partial charge in [0, 0.05) is 6.08 Å². The lowest BCUT2D eigenvalue weighted by Crippen LogP contribution is -1.82. The molecule has 0 spiro atoms. The van der Waals surface area contributed by atoms with Crippen LogP contribution >= 0.6 is 0 Å². The quantitative estimate of drug-likeness (QED) is 0.717. The van der Waals surface area contributed by atoms with Crippen LogP contribution in [-0.4, -0.2) is 10.2 Å². The van der Waals surface area contributed by atoms with E-state index < -0.39 is 5.82 Å². The van der Waals surface area contributed by atoms with Crippen LogP contribution in [0.4, 0.5) is 4.39 Å². The number of rotatable bonds is 3. The van der Waals surface area contributed by atoms with Crippen LogP contribution < -0.4 is 0 Å². The van der Waals surface area contributed by atoms with Gasteiger partial charge in [-0.05, 0) is 30.3 Å². The molecule has 3 rings (SSSR count). The van der Waals surface area contributed by atoms with Crippen LogP contribution in [0.1, 0.15) is 11.7 Å². The third-order valence-corrected chi connectivity index (χ3v) is 2.48. The molecule has 94 valence electrons. The predicted octanol–water partition coefficient (Wildman–Crippen LogP) is 3.64. The van der Waals surface area contributed by atoms with E-state index in [1.165, 1.54) is 6.07 Å². The van der Waals surface area contributed by atoms with Gasteiger partial charge in [0.15, 0.2) is 0 Å². The molecule has 0 saturated heterocycles. The highest BCUT2D eigenvalue weighted by molar-refractivity contribution is 5.63. The molecule has 0 fully saturated rings. The SMILES string of the molecule is Fc1ccccc1-c1nnc(/C=C/c2ccco2)o1. The first kappa shape index (κ1) is 11.4. The van der Waals surface area contributed by atoms with Crippen molar-refractivity contribution in [1.29, 1.82) is 0 Å². The number of nitrogens with zero attached hydrogens (tertiary/aromatic N) is 2. The second-order valence-corrected chi connectivity index (χ2v) is 3.77. The van der Waals surface area contributed by atoms with Gasteiger partial charge in [-0.1, -0.05) is 12.1 Å². The lowest BCUT2D eigenvalue weighted by molar-refractivity contribution is 0.546. The van der Waals surface area contributed by atoms with Crippen molar-refractivity contribution in [2.45, 2.75) is 0 Å². The van der Waals surface area contributed by atoms with Crippen molar-refractivity contribution in [3.63, 3.8) is 0 Å². The topological polar surface area (TPSA) is 52.1 Å². The van der Waals surface area contributed by atoms with Crippen molar-refractivity contribution in [2.24, 2.45) is 0 Å². The zero-order valence-electron chi connectivity index (χ0n) is 9.79. The summed E-state index contributed by atoms with van der Waals surface area (Å²) < 4.78 is 24.0. The van der Waals surface area contributed by atoms with E-state index in [1.54, 1.807) is 48.7 Å². The fourth-order valence-corrected chi connectivity index (χ4v) is 1.58. The first-order valence-corrected chi connectivity index (χ1v) is 5.63. The number of benzene rings is 1. The second-order valence-electron chi connectivity index (χ2n) is 3.77. The molecule has 5 heteroatoms. The highest BCUT2D eigenvalue weighted by atomic mass is 19.1. The largest absolute Gasteiger partial charge is 0.465 e. The normalized spacial score (nSPS) is 11.2. The van der Waals surface area contributed by atoms with E-state index in [-0.39, 0.29) is 17.3 Å². The second kappa shape index (κ2) is 4.89. The van der Waals surface area contributed by atoms with Gasteiger partial charge < -0.3 is 8.83 Å². The minimum absolute atomic E-state index is 0.150. The standard InChI is InChI=1S/C14H9FN2O2/c15-12-6-2-1-5-11(12)14-17-16-13(19-14)8-7-10-4-3-9-18-10/h1-9H/b8-7+. The predicted molar refractivity (Wildman–Crippen MR) is 67.3 cm³/mol. The molecular weight excluding hydrogens is 247 g/mol. The lowest BCUT2D eigenvalue weighted by atomic mass is 10.2. The molecule has 0 N–H and O–H groups in total. The summed E-state index contributed by atoms with van der Waals surface area (Å²) in [6.07, 6.45) is 4.87. The van der Waals surface area contributed by atoms with Gasteiger partial charge in [-0.15, -0.1) is 10.2 Å². The molecule has 0 aliphatic heterocycles. The summed E-state index contributed by atoms with van der Waals surface area (Å²) in [6.45, 7) is 0.